The number of amides is 3. The number of ether oxygens (including phenoxy) is 2. The van der Waals surface area contributed by atoms with Crippen LogP contribution in [0.2, 0.25) is 0 Å². The highest BCUT2D eigenvalue weighted by molar-refractivity contribution is 5.99. The summed E-state index contributed by atoms with van der Waals surface area (Å²) in [5.74, 6) is -2.54. The van der Waals surface area contributed by atoms with E-state index in [9.17, 15) is 24.0 Å². The van der Waals surface area contributed by atoms with Gasteiger partial charge in [0.25, 0.3) is 5.91 Å². The Morgan fingerprint density at radius 1 is 1.02 bits per heavy atom. The molecule has 0 aliphatic carbocycles. The Labute approximate surface area is 258 Å². The van der Waals surface area contributed by atoms with Gasteiger partial charge in [0.1, 0.15) is 23.4 Å². The lowest BCUT2D eigenvalue weighted by Gasteiger charge is -2.35. The summed E-state index contributed by atoms with van der Waals surface area (Å²) in [6.45, 7) is 12.9. The van der Waals surface area contributed by atoms with E-state index in [1.165, 1.54) is 11.0 Å². The molecule has 3 amide bonds. The van der Waals surface area contributed by atoms with Crippen LogP contribution in [0.3, 0.4) is 0 Å². The maximum Gasteiger partial charge on any atom is 0.330 e. The van der Waals surface area contributed by atoms with Crippen LogP contribution in [0.25, 0.3) is 10.9 Å². The largest absolute Gasteiger partial charge is 0.463 e. The quantitative estimate of drug-likeness (QED) is 0.307. The van der Waals surface area contributed by atoms with Gasteiger partial charge in [0, 0.05) is 18.0 Å². The number of carbonyl (C=O) groups is 5. The van der Waals surface area contributed by atoms with E-state index in [-0.39, 0.29) is 18.7 Å². The van der Waals surface area contributed by atoms with Gasteiger partial charge < -0.3 is 25.0 Å². The molecule has 0 unspecified atom stereocenters. The average molecular weight is 609 g/mol. The molecule has 3 rings (SSSR count). The Balaban J connectivity index is 1.78. The van der Waals surface area contributed by atoms with Crippen LogP contribution in [0, 0.1) is 5.41 Å². The first-order chi connectivity index (χ1) is 20.6. The fraction of sp³-hybridized carbons (Fsp3) is 0.515. The van der Waals surface area contributed by atoms with E-state index in [4.69, 9.17) is 9.47 Å². The first-order valence-electron chi connectivity index (χ1n) is 14.9. The van der Waals surface area contributed by atoms with Crippen LogP contribution >= 0.6 is 0 Å². The fourth-order valence-corrected chi connectivity index (χ4v) is 4.91. The maximum atomic E-state index is 14.0. The Kier molecular flexibility index (Phi) is 11.2. The molecule has 238 valence electrons. The van der Waals surface area contributed by atoms with Crippen LogP contribution in [0.15, 0.2) is 48.6 Å². The zero-order valence-electron chi connectivity index (χ0n) is 26.6. The summed E-state index contributed by atoms with van der Waals surface area (Å²) in [7, 11) is 0. The topological polar surface area (TPSA) is 144 Å². The fourth-order valence-electron chi connectivity index (χ4n) is 4.91. The lowest BCUT2D eigenvalue weighted by atomic mass is 9.85. The molecule has 2 N–H and O–H groups in total. The number of carbonyl (C=O) groups excluding carboxylic acids is 5. The van der Waals surface area contributed by atoms with Crippen molar-refractivity contribution >= 4 is 40.6 Å². The SMILES string of the molecule is CCOC(=O)/C=C/[C@H](CC(=O)OC(C)(C)C)NC(=O)[C@H]1CCCN1C(=O)[C@@H](NC(=O)c1ccc2ccccc2n1)C(C)(C)C. The van der Waals surface area contributed by atoms with E-state index < -0.39 is 58.8 Å². The van der Waals surface area contributed by atoms with Crippen molar-refractivity contribution in [1.29, 1.82) is 0 Å². The predicted octanol–water partition coefficient (Wildman–Crippen LogP) is 3.71. The number of rotatable bonds is 10. The molecule has 0 spiro atoms. The summed E-state index contributed by atoms with van der Waals surface area (Å²) in [5, 5.41) is 6.54. The van der Waals surface area contributed by atoms with E-state index in [2.05, 4.69) is 15.6 Å². The molecule has 2 aromatic rings. The van der Waals surface area contributed by atoms with Crippen molar-refractivity contribution in [3.63, 3.8) is 0 Å². The van der Waals surface area contributed by atoms with Gasteiger partial charge in [0.05, 0.1) is 24.6 Å². The molecule has 0 radical (unpaired) electrons. The lowest BCUT2D eigenvalue weighted by Crippen LogP contribution is -2.58. The number of fused-ring (bicyclic) bond motifs is 1. The third kappa shape index (κ3) is 9.62. The molecule has 1 fully saturated rings. The van der Waals surface area contributed by atoms with Gasteiger partial charge in [-0.25, -0.2) is 9.78 Å². The third-order valence-corrected chi connectivity index (χ3v) is 6.94. The summed E-state index contributed by atoms with van der Waals surface area (Å²) >= 11 is 0. The number of nitrogens with zero attached hydrogens (tertiary/aromatic N) is 2. The number of para-hydroxylation sites is 1. The van der Waals surface area contributed by atoms with Gasteiger partial charge in [-0.15, -0.1) is 0 Å². The van der Waals surface area contributed by atoms with Crippen LogP contribution in [0.1, 0.15) is 78.2 Å². The van der Waals surface area contributed by atoms with Crippen molar-refractivity contribution in [2.45, 2.75) is 91.5 Å². The van der Waals surface area contributed by atoms with Crippen LogP contribution in [0.5, 0.6) is 0 Å². The zero-order chi connectivity index (χ0) is 32.7. The number of benzene rings is 1. The Morgan fingerprint density at radius 2 is 1.73 bits per heavy atom. The van der Waals surface area contributed by atoms with Gasteiger partial charge in [-0.2, -0.15) is 0 Å². The summed E-state index contributed by atoms with van der Waals surface area (Å²) in [6.07, 6.45) is 3.29. The maximum absolute atomic E-state index is 14.0. The van der Waals surface area contributed by atoms with Gasteiger partial charge in [0.2, 0.25) is 11.8 Å². The second kappa shape index (κ2) is 14.5. The number of aromatic nitrogens is 1. The van der Waals surface area contributed by atoms with E-state index >= 15 is 0 Å². The molecule has 2 heterocycles. The van der Waals surface area contributed by atoms with Gasteiger partial charge in [-0.3, -0.25) is 19.2 Å². The first kappa shape index (κ1) is 34.2. The highest BCUT2D eigenvalue weighted by atomic mass is 16.6. The Hall–Kier alpha value is -4.28. The van der Waals surface area contributed by atoms with Crippen LogP contribution in [0.4, 0.5) is 0 Å². The second-order valence-electron chi connectivity index (χ2n) is 12.9. The van der Waals surface area contributed by atoms with Gasteiger partial charge in [-0.05, 0) is 58.1 Å². The van der Waals surface area contributed by atoms with E-state index in [0.717, 1.165) is 11.5 Å². The molecule has 1 saturated heterocycles. The summed E-state index contributed by atoms with van der Waals surface area (Å²) < 4.78 is 10.3. The van der Waals surface area contributed by atoms with Gasteiger partial charge in [-0.1, -0.05) is 51.1 Å². The predicted molar refractivity (Wildman–Crippen MR) is 165 cm³/mol. The molecule has 0 bridgehead atoms. The minimum Gasteiger partial charge on any atom is -0.463 e. The second-order valence-corrected chi connectivity index (χ2v) is 12.9. The van der Waals surface area contributed by atoms with Crippen molar-refractivity contribution in [2.24, 2.45) is 5.41 Å². The first-order valence-corrected chi connectivity index (χ1v) is 14.9. The van der Waals surface area contributed by atoms with Crippen LogP contribution in [-0.4, -0.2) is 76.4 Å². The minimum absolute atomic E-state index is 0.174. The van der Waals surface area contributed by atoms with Crippen molar-refractivity contribution < 1.29 is 33.4 Å². The van der Waals surface area contributed by atoms with Crippen molar-refractivity contribution in [3.8, 4) is 0 Å². The molecule has 11 heteroatoms. The monoisotopic (exact) mass is 608 g/mol. The van der Waals surface area contributed by atoms with Crippen molar-refractivity contribution in [2.75, 3.05) is 13.2 Å². The highest BCUT2D eigenvalue weighted by Gasteiger charge is 2.42. The molecule has 3 atom stereocenters. The summed E-state index contributed by atoms with van der Waals surface area (Å²) in [6, 6.07) is 8.19. The summed E-state index contributed by atoms with van der Waals surface area (Å²) in [5.41, 5.74) is -0.581. The Morgan fingerprint density at radius 3 is 2.39 bits per heavy atom. The van der Waals surface area contributed by atoms with Crippen molar-refractivity contribution in [1.82, 2.24) is 20.5 Å². The summed E-state index contributed by atoms with van der Waals surface area (Å²) in [4.78, 5) is 71.2. The number of nitrogens with one attached hydrogen (secondary N) is 2. The van der Waals surface area contributed by atoms with Gasteiger partial charge >= 0.3 is 11.9 Å². The average Bonchev–Trinajstić information content (AvgIpc) is 3.43. The van der Waals surface area contributed by atoms with Crippen LogP contribution in [-0.2, 0) is 28.7 Å². The molecule has 1 aromatic heterocycles. The van der Waals surface area contributed by atoms with E-state index in [0.29, 0.717) is 24.9 Å². The molecular weight excluding hydrogens is 564 g/mol. The molecular formula is C33H44N4O7. The smallest absolute Gasteiger partial charge is 0.330 e. The van der Waals surface area contributed by atoms with E-state index in [1.807, 2.05) is 45.0 Å². The molecule has 0 saturated carbocycles. The molecule has 1 aliphatic heterocycles. The standard InChI is InChI=1S/C33H44N4O7/c1-8-43-26(38)18-16-22(20-27(39)44-33(5,6)7)34-30(41)25-14-11-19-37(25)31(42)28(32(2,3)4)36-29(40)24-17-15-21-12-9-10-13-23(21)35-24/h9-10,12-13,15-18,22,25,28H,8,11,14,19-20H2,1-7H3,(H,34,41)(H,36,40)/b18-16+/t22-,25-,28-/m1/s1. The molecule has 11 nitrogen and oxygen atoms in total. The van der Waals surface area contributed by atoms with Gasteiger partial charge in [0.15, 0.2) is 0 Å². The number of likely N-dealkylation sites (tertiary alicyclic amines) is 1. The van der Waals surface area contributed by atoms with Crippen molar-refractivity contribution in [3.05, 3.63) is 54.2 Å². The number of hydrogen-bond donors (Lipinski definition) is 2. The highest BCUT2D eigenvalue weighted by Crippen LogP contribution is 2.26. The number of esters is 2. The zero-order valence-corrected chi connectivity index (χ0v) is 26.6. The minimum atomic E-state index is -0.946. The molecule has 1 aliphatic rings. The molecule has 1 aromatic carbocycles. The normalized spacial score (nSPS) is 16.8. The third-order valence-electron chi connectivity index (χ3n) is 6.94. The lowest BCUT2D eigenvalue weighted by molar-refractivity contribution is -0.155. The number of pyridine rings is 1. The van der Waals surface area contributed by atoms with Crippen LogP contribution < -0.4 is 10.6 Å². The number of hydrogen-bond acceptors (Lipinski definition) is 8. The van der Waals surface area contributed by atoms with E-state index in [1.54, 1.807) is 39.8 Å². The Bertz CT molecular complexity index is 1410. The molecule has 44 heavy (non-hydrogen) atoms.